The molecule has 0 spiro atoms. The van der Waals surface area contributed by atoms with Crippen LogP contribution in [-0.2, 0) is 0 Å². The van der Waals surface area contributed by atoms with E-state index in [1.165, 1.54) is 25.7 Å². The van der Waals surface area contributed by atoms with Crippen LogP contribution in [0.3, 0.4) is 0 Å². The molecule has 1 aromatic carbocycles. The van der Waals surface area contributed by atoms with Crippen LogP contribution in [0.15, 0.2) is 24.3 Å². The van der Waals surface area contributed by atoms with Gasteiger partial charge in [-0.15, -0.1) is 5.10 Å². The van der Waals surface area contributed by atoms with Crippen LogP contribution >= 0.6 is 0 Å². The van der Waals surface area contributed by atoms with Crippen molar-refractivity contribution in [1.29, 1.82) is 0 Å². The van der Waals surface area contributed by atoms with Crippen molar-refractivity contribution < 1.29 is 0 Å². The largest absolute Gasteiger partial charge is 0.399 e. The Bertz CT molecular complexity index is 496. The van der Waals surface area contributed by atoms with Crippen LogP contribution in [-0.4, -0.2) is 20.2 Å². The highest BCUT2D eigenvalue weighted by molar-refractivity contribution is 5.44. The summed E-state index contributed by atoms with van der Waals surface area (Å²) in [5, 5.41) is 12.0. The average Bonchev–Trinajstić information content (AvgIpc) is 3.00. The zero-order valence-corrected chi connectivity index (χ0v) is 9.58. The Morgan fingerprint density at radius 3 is 2.53 bits per heavy atom. The molecule has 88 valence electrons. The highest BCUT2D eigenvalue weighted by atomic mass is 15.5. The summed E-state index contributed by atoms with van der Waals surface area (Å²) >= 11 is 0. The molecule has 0 radical (unpaired) electrons. The van der Waals surface area contributed by atoms with E-state index in [-0.39, 0.29) is 0 Å². The molecule has 1 fully saturated rings. The van der Waals surface area contributed by atoms with Gasteiger partial charge in [0, 0.05) is 11.6 Å². The summed E-state index contributed by atoms with van der Waals surface area (Å²) in [4.78, 5) is 0. The molecule has 0 atom stereocenters. The molecule has 0 saturated heterocycles. The molecule has 5 heteroatoms. The van der Waals surface area contributed by atoms with Gasteiger partial charge in [0.15, 0.2) is 5.82 Å². The third kappa shape index (κ3) is 1.88. The maximum atomic E-state index is 5.68. The lowest BCUT2D eigenvalue weighted by atomic mass is 10.1. The summed E-state index contributed by atoms with van der Waals surface area (Å²) in [6.07, 6.45) is 4.93. The van der Waals surface area contributed by atoms with Gasteiger partial charge in [0.2, 0.25) is 0 Å². The van der Waals surface area contributed by atoms with Crippen LogP contribution in [0.4, 0.5) is 5.69 Å². The van der Waals surface area contributed by atoms with E-state index >= 15 is 0 Å². The number of nitrogens with two attached hydrogens (primary N) is 1. The number of hydrogen-bond donors (Lipinski definition) is 1. The number of hydrogen-bond acceptors (Lipinski definition) is 4. The molecule has 1 saturated carbocycles. The monoisotopic (exact) mass is 229 g/mol. The molecule has 17 heavy (non-hydrogen) atoms. The van der Waals surface area contributed by atoms with Gasteiger partial charge in [0.05, 0.1) is 5.69 Å². The Hall–Kier alpha value is -1.91. The normalized spacial score (nSPS) is 16.5. The summed E-state index contributed by atoms with van der Waals surface area (Å²) in [5.74, 6) is 1.48. The van der Waals surface area contributed by atoms with Crippen molar-refractivity contribution in [1.82, 2.24) is 20.2 Å². The van der Waals surface area contributed by atoms with Crippen LogP contribution in [0.2, 0.25) is 0 Å². The lowest BCUT2D eigenvalue weighted by molar-refractivity contribution is 0.636. The summed E-state index contributed by atoms with van der Waals surface area (Å²) in [7, 11) is 0. The van der Waals surface area contributed by atoms with Crippen molar-refractivity contribution in [2.75, 3.05) is 5.73 Å². The minimum Gasteiger partial charge on any atom is -0.399 e. The lowest BCUT2D eigenvalue weighted by Gasteiger charge is -2.09. The van der Waals surface area contributed by atoms with E-state index in [2.05, 4.69) is 15.5 Å². The molecule has 1 aliphatic rings. The molecule has 0 unspecified atom stereocenters. The number of nitrogen functional groups attached to an aromatic ring is 1. The number of benzene rings is 1. The fraction of sp³-hybridized carbons (Fsp3) is 0.417. The second-order valence-electron chi connectivity index (χ2n) is 4.52. The van der Waals surface area contributed by atoms with Gasteiger partial charge in [-0.1, -0.05) is 12.8 Å². The first-order chi connectivity index (χ1) is 8.34. The van der Waals surface area contributed by atoms with Gasteiger partial charge in [0.25, 0.3) is 0 Å². The first-order valence-electron chi connectivity index (χ1n) is 5.99. The second-order valence-corrected chi connectivity index (χ2v) is 4.52. The van der Waals surface area contributed by atoms with Crippen molar-refractivity contribution in [3.8, 4) is 5.69 Å². The molecule has 2 N–H and O–H groups in total. The molecule has 0 aliphatic heterocycles. The van der Waals surface area contributed by atoms with Crippen LogP contribution in [0, 0.1) is 0 Å². The lowest BCUT2D eigenvalue weighted by Crippen LogP contribution is -2.06. The molecule has 0 amide bonds. The van der Waals surface area contributed by atoms with Gasteiger partial charge in [0.1, 0.15) is 0 Å². The van der Waals surface area contributed by atoms with Crippen molar-refractivity contribution >= 4 is 5.69 Å². The Kier molecular flexibility index (Phi) is 2.51. The molecular formula is C12H15N5. The van der Waals surface area contributed by atoms with Crippen molar-refractivity contribution in [3.63, 3.8) is 0 Å². The van der Waals surface area contributed by atoms with Gasteiger partial charge < -0.3 is 5.73 Å². The van der Waals surface area contributed by atoms with Crippen LogP contribution in [0.5, 0.6) is 0 Å². The van der Waals surface area contributed by atoms with Crippen LogP contribution < -0.4 is 5.73 Å². The predicted octanol–water partition coefficient (Wildman–Crippen LogP) is 1.90. The number of nitrogens with zero attached hydrogens (tertiary/aromatic N) is 4. The Morgan fingerprint density at radius 2 is 1.82 bits per heavy atom. The third-order valence-electron chi connectivity index (χ3n) is 3.35. The van der Waals surface area contributed by atoms with E-state index in [1.807, 2.05) is 28.9 Å². The zero-order chi connectivity index (χ0) is 11.7. The van der Waals surface area contributed by atoms with Crippen LogP contribution in [0.25, 0.3) is 5.69 Å². The maximum Gasteiger partial charge on any atom is 0.159 e. The van der Waals surface area contributed by atoms with E-state index < -0.39 is 0 Å². The van der Waals surface area contributed by atoms with Crippen molar-refractivity contribution in [3.05, 3.63) is 30.1 Å². The summed E-state index contributed by atoms with van der Waals surface area (Å²) in [6, 6.07) is 7.64. The molecule has 1 aliphatic carbocycles. The molecule has 1 heterocycles. The Morgan fingerprint density at radius 1 is 1.12 bits per heavy atom. The quantitative estimate of drug-likeness (QED) is 0.798. The molecular weight excluding hydrogens is 214 g/mol. The van der Waals surface area contributed by atoms with Gasteiger partial charge in [-0.05, 0) is 47.5 Å². The smallest absolute Gasteiger partial charge is 0.159 e. The maximum absolute atomic E-state index is 5.68. The van der Waals surface area contributed by atoms with Gasteiger partial charge in [-0.25, -0.2) is 0 Å². The highest BCUT2D eigenvalue weighted by Gasteiger charge is 2.23. The summed E-state index contributed by atoms with van der Waals surface area (Å²) < 4.78 is 1.83. The third-order valence-corrected chi connectivity index (χ3v) is 3.35. The molecule has 3 rings (SSSR count). The average molecular weight is 229 g/mol. The predicted molar refractivity (Wildman–Crippen MR) is 64.8 cm³/mol. The van der Waals surface area contributed by atoms with E-state index in [0.717, 1.165) is 17.2 Å². The second kappa shape index (κ2) is 4.16. The van der Waals surface area contributed by atoms with Gasteiger partial charge >= 0.3 is 0 Å². The van der Waals surface area contributed by atoms with Gasteiger partial charge in [-0.3, -0.25) is 0 Å². The molecule has 1 aromatic heterocycles. The van der Waals surface area contributed by atoms with E-state index in [9.17, 15) is 0 Å². The number of rotatable bonds is 2. The number of anilines is 1. The van der Waals surface area contributed by atoms with E-state index in [1.54, 1.807) is 0 Å². The van der Waals surface area contributed by atoms with Crippen molar-refractivity contribution in [2.24, 2.45) is 0 Å². The minimum absolute atomic E-state index is 0.502. The Labute approximate surface area is 99.6 Å². The topological polar surface area (TPSA) is 69.6 Å². The van der Waals surface area contributed by atoms with E-state index in [0.29, 0.717) is 5.92 Å². The van der Waals surface area contributed by atoms with E-state index in [4.69, 9.17) is 5.73 Å². The standard InChI is InChI=1S/C12H15N5/c13-10-5-7-11(8-6-10)17-12(14-15-16-17)9-3-1-2-4-9/h5-9H,1-4,13H2. The van der Waals surface area contributed by atoms with Crippen LogP contribution in [0.1, 0.15) is 37.4 Å². The number of tetrazole rings is 1. The zero-order valence-electron chi connectivity index (χ0n) is 9.58. The summed E-state index contributed by atoms with van der Waals surface area (Å²) in [6.45, 7) is 0. The number of aromatic nitrogens is 4. The van der Waals surface area contributed by atoms with Gasteiger partial charge in [-0.2, -0.15) is 4.68 Å². The van der Waals surface area contributed by atoms with Crippen molar-refractivity contribution in [2.45, 2.75) is 31.6 Å². The molecule has 5 nitrogen and oxygen atoms in total. The fourth-order valence-corrected chi connectivity index (χ4v) is 2.43. The fourth-order valence-electron chi connectivity index (χ4n) is 2.43. The Balaban J connectivity index is 1.97. The minimum atomic E-state index is 0.502. The first-order valence-corrected chi connectivity index (χ1v) is 5.99. The first kappa shape index (κ1) is 10.3. The molecule has 0 bridgehead atoms. The SMILES string of the molecule is Nc1ccc(-n2nnnc2C2CCCC2)cc1. The highest BCUT2D eigenvalue weighted by Crippen LogP contribution is 2.33. The molecule has 2 aromatic rings. The summed E-state index contributed by atoms with van der Waals surface area (Å²) in [5.41, 5.74) is 7.41.